The monoisotopic (exact) mass is 439 g/mol. The lowest BCUT2D eigenvalue weighted by Crippen LogP contribution is -2.45. The van der Waals surface area contributed by atoms with Gasteiger partial charge in [0.05, 0.1) is 11.1 Å². The molecule has 0 saturated heterocycles. The van der Waals surface area contributed by atoms with E-state index in [0.717, 1.165) is 16.9 Å². The minimum Gasteiger partial charge on any atom is -0.271 e. The molecule has 1 amide bonds. The van der Waals surface area contributed by atoms with Gasteiger partial charge in [-0.05, 0) is 56.0 Å². The van der Waals surface area contributed by atoms with Crippen LogP contribution in [0, 0.1) is 6.92 Å². The molecule has 28 heavy (non-hydrogen) atoms. The van der Waals surface area contributed by atoms with E-state index < -0.39 is 22.0 Å². The third-order valence-corrected chi connectivity index (χ3v) is 7.25. The second-order valence-electron chi connectivity index (χ2n) is 6.16. The van der Waals surface area contributed by atoms with Gasteiger partial charge in [0.25, 0.3) is 5.91 Å². The number of hydrazone groups is 1. The molecule has 9 heteroatoms. The van der Waals surface area contributed by atoms with Crippen molar-refractivity contribution in [2.24, 2.45) is 5.10 Å². The minimum absolute atomic E-state index is 0.134. The summed E-state index contributed by atoms with van der Waals surface area (Å²) in [5.74, 6) is 0.163. The van der Waals surface area contributed by atoms with Crippen LogP contribution in [0.2, 0.25) is 0 Å². The molecule has 152 valence electrons. The largest absolute Gasteiger partial charge is 0.271 e. The van der Waals surface area contributed by atoms with Crippen LogP contribution in [-0.2, 0) is 21.2 Å². The van der Waals surface area contributed by atoms with Crippen molar-refractivity contribution >= 4 is 45.2 Å². The number of nitrogens with zero attached hydrogens (tertiary/aromatic N) is 1. The Hall–Kier alpha value is -1.68. The number of hydrogen-bond donors (Lipinski definition) is 2. The number of carbonyl (C=O) groups is 1. The molecule has 0 bridgehead atoms. The summed E-state index contributed by atoms with van der Waals surface area (Å²) in [5, 5.41) is 3.98. The zero-order chi connectivity index (χ0) is 20.6. The van der Waals surface area contributed by atoms with Gasteiger partial charge in [-0.15, -0.1) is 11.3 Å². The molecule has 1 heterocycles. The molecule has 1 aromatic heterocycles. The lowest BCUT2D eigenvalue weighted by molar-refractivity contribution is -0.122. The Balaban J connectivity index is 2.06. The van der Waals surface area contributed by atoms with Gasteiger partial charge >= 0.3 is 0 Å². The van der Waals surface area contributed by atoms with Crippen molar-refractivity contribution in [3.63, 3.8) is 0 Å². The van der Waals surface area contributed by atoms with Gasteiger partial charge in [0.1, 0.15) is 6.04 Å². The first-order valence-corrected chi connectivity index (χ1v) is 12.5. The Kier molecular flexibility index (Phi) is 8.68. The molecule has 0 aliphatic carbocycles. The molecule has 6 nitrogen and oxygen atoms in total. The van der Waals surface area contributed by atoms with Crippen LogP contribution in [0.15, 0.2) is 46.4 Å². The standard InChI is InChI=1S/C19H25N3O3S3/c1-4-15-7-8-16(27-15)13-20-21-19(23)18(11-12-26-3)22-28(24,25)17-9-5-14(2)6-10-17/h5-10,13,18,22H,4,11-12H2,1-3H3,(H,21,23)/b20-13+/t18-/m0/s1. The average Bonchev–Trinajstić information content (AvgIpc) is 3.13. The first kappa shape index (κ1) is 22.6. The third kappa shape index (κ3) is 6.73. The lowest BCUT2D eigenvalue weighted by atomic mass is 10.2. The van der Waals surface area contributed by atoms with Crippen molar-refractivity contribution in [2.45, 2.75) is 37.6 Å². The molecule has 0 spiro atoms. The van der Waals surface area contributed by atoms with Gasteiger partial charge in [-0.25, -0.2) is 13.8 Å². The number of benzene rings is 1. The van der Waals surface area contributed by atoms with Gasteiger partial charge in [-0.1, -0.05) is 24.6 Å². The quantitative estimate of drug-likeness (QED) is 0.440. The van der Waals surface area contributed by atoms with Crippen molar-refractivity contribution in [3.8, 4) is 0 Å². The molecule has 2 aromatic rings. The number of thiophene rings is 1. The second kappa shape index (κ2) is 10.8. The number of sulfonamides is 1. The fourth-order valence-corrected chi connectivity index (χ4v) is 4.87. The maximum absolute atomic E-state index is 12.6. The molecule has 1 aromatic carbocycles. The highest BCUT2D eigenvalue weighted by Gasteiger charge is 2.25. The Bertz CT molecular complexity index is 906. The summed E-state index contributed by atoms with van der Waals surface area (Å²) in [5.41, 5.74) is 3.41. The molecular weight excluding hydrogens is 414 g/mol. The van der Waals surface area contributed by atoms with Crippen molar-refractivity contribution in [1.29, 1.82) is 0 Å². The zero-order valence-electron chi connectivity index (χ0n) is 16.1. The Morgan fingerprint density at radius 3 is 2.57 bits per heavy atom. The predicted molar refractivity (Wildman–Crippen MR) is 118 cm³/mol. The summed E-state index contributed by atoms with van der Waals surface area (Å²) < 4.78 is 27.7. The van der Waals surface area contributed by atoms with E-state index in [4.69, 9.17) is 0 Å². The van der Waals surface area contributed by atoms with Crippen molar-refractivity contribution in [3.05, 3.63) is 51.7 Å². The number of nitrogens with one attached hydrogen (secondary N) is 2. The molecule has 2 rings (SSSR count). The van der Waals surface area contributed by atoms with Crippen molar-refractivity contribution < 1.29 is 13.2 Å². The number of thioether (sulfide) groups is 1. The van der Waals surface area contributed by atoms with Crippen LogP contribution >= 0.6 is 23.1 Å². The molecular formula is C19H25N3O3S3. The lowest BCUT2D eigenvalue weighted by Gasteiger charge is -2.17. The van der Waals surface area contributed by atoms with E-state index in [1.807, 2.05) is 25.3 Å². The van der Waals surface area contributed by atoms with E-state index in [2.05, 4.69) is 22.2 Å². The average molecular weight is 440 g/mol. The highest BCUT2D eigenvalue weighted by atomic mass is 32.2. The van der Waals surface area contributed by atoms with Crippen LogP contribution in [0.5, 0.6) is 0 Å². The van der Waals surface area contributed by atoms with Gasteiger partial charge < -0.3 is 0 Å². The van der Waals surface area contributed by atoms with E-state index >= 15 is 0 Å². The molecule has 1 atom stereocenters. The van der Waals surface area contributed by atoms with E-state index in [9.17, 15) is 13.2 Å². The van der Waals surface area contributed by atoms with Crippen molar-refractivity contribution in [2.75, 3.05) is 12.0 Å². The molecule has 0 unspecified atom stereocenters. The second-order valence-corrected chi connectivity index (χ2v) is 10.1. The summed E-state index contributed by atoms with van der Waals surface area (Å²) in [6, 6.07) is 9.56. The number of rotatable bonds is 10. The minimum atomic E-state index is -3.80. The van der Waals surface area contributed by atoms with Crippen LogP contribution in [0.1, 0.15) is 28.7 Å². The van der Waals surface area contributed by atoms with Gasteiger partial charge in [0, 0.05) is 9.75 Å². The fraction of sp³-hybridized carbons (Fsp3) is 0.368. The number of amides is 1. The van der Waals surface area contributed by atoms with Crippen LogP contribution in [0.3, 0.4) is 0 Å². The van der Waals surface area contributed by atoms with Crippen LogP contribution in [0.25, 0.3) is 0 Å². The Morgan fingerprint density at radius 1 is 1.25 bits per heavy atom. The number of aryl methyl sites for hydroxylation is 2. The smallest absolute Gasteiger partial charge is 0.258 e. The van der Waals surface area contributed by atoms with E-state index in [1.54, 1.807) is 41.4 Å². The first-order chi connectivity index (χ1) is 13.4. The molecule has 0 radical (unpaired) electrons. The summed E-state index contributed by atoms with van der Waals surface area (Å²) in [7, 11) is -3.80. The molecule has 0 fully saturated rings. The van der Waals surface area contributed by atoms with Gasteiger partial charge in [-0.2, -0.15) is 21.6 Å². The fourth-order valence-electron chi connectivity index (χ4n) is 2.34. The topological polar surface area (TPSA) is 87.6 Å². The summed E-state index contributed by atoms with van der Waals surface area (Å²) in [6.07, 6.45) is 4.79. The molecule has 0 aliphatic heterocycles. The van der Waals surface area contributed by atoms with Gasteiger partial charge in [-0.3, -0.25) is 4.79 Å². The first-order valence-electron chi connectivity index (χ1n) is 8.85. The Morgan fingerprint density at radius 2 is 1.96 bits per heavy atom. The SMILES string of the molecule is CCc1ccc(/C=N/NC(=O)[C@H](CCSC)NS(=O)(=O)c2ccc(C)cc2)s1. The van der Waals surface area contributed by atoms with Crippen molar-refractivity contribution in [1.82, 2.24) is 10.1 Å². The highest BCUT2D eigenvalue weighted by molar-refractivity contribution is 7.98. The number of carbonyl (C=O) groups excluding carboxylic acids is 1. The number of hydrogen-bond acceptors (Lipinski definition) is 6. The zero-order valence-corrected chi connectivity index (χ0v) is 18.6. The molecule has 0 saturated carbocycles. The maximum Gasteiger partial charge on any atom is 0.258 e. The Labute approximate surface area is 174 Å². The normalized spacial score (nSPS) is 13.0. The van der Waals surface area contributed by atoms with E-state index in [-0.39, 0.29) is 4.90 Å². The van der Waals surface area contributed by atoms with Crippen LogP contribution in [0.4, 0.5) is 0 Å². The van der Waals surface area contributed by atoms with Gasteiger partial charge in [0.2, 0.25) is 10.0 Å². The summed E-state index contributed by atoms with van der Waals surface area (Å²) >= 11 is 3.15. The van der Waals surface area contributed by atoms with E-state index in [0.29, 0.717) is 12.2 Å². The summed E-state index contributed by atoms with van der Waals surface area (Å²) in [4.78, 5) is 14.8. The maximum atomic E-state index is 12.6. The van der Waals surface area contributed by atoms with Gasteiger partial charge in [0.15, 0.2) is 0 Å². The van der Waals surface area contributed by atoms with Crippen LogP contribution in [-0.4, -0.2) is 38.6 Å². The third-order valence-electron chi connectivity index (χ3n) is 3.95. The van der Waals surface area contributed by atoms with Crippen LogP contribution < -0.4 is 10.1 Å². The predicted octanol–water partition coefficient (Wildman–Crippen LogP) is 3.17. The highest BCUT2D eigenvalue weighted by Crippen LogP contribution is 2.15. The molecule has 0 aliphatic rings. The van der Waals surface area contributed by atoms with E-state index in [1.165, 1.54) is 17.0 Å². The summed E-state index contributed by atoms with van der Waals surface area (Å²) in [6.45, 7) is 3.96. The molecule has 2 N–H and O–H groups in total.